The summed E-state index contributed by atoms with van der Waals surface area (Å²) in [5.74, 6) is 0. The number of fused-ring (bicyclic) bond motifs is 1. The first-order valence-corrected chi connectivity index (χ1v) is 7.73. The van der Waals surface area contributed by atoms with Gasteiger partial charge in [0.15, 0.2) is 0 Å². The Bertz CT molecular complexity index is 701. The van der Waals surface area contributed by atoms with Crippen LogP contribution in [0.3, 0.4) is 0 Å². The predicted molar refractivity (Wildman–Crippen MR) is 83.0 cm³/mol. The molecule has 1 unspecified atom stereocenters. The van der Waals surface area contributed by atoms with Crippen LogP contribution in [-0.2, 0) is 7.05 Å². The molecule has 0 aliphatic heterocycles. The summed E-state index contributed by atoms with van der Waals surface area (Å²) < 4.78 is 3.17. The van der Waals surface area contributed by atoms with Gasteiger partial charge in [0, 0.05) is 11.7 Å². The number of benzene rings is 1. The number of nitrogens with one attached hydrogen (secondary N) is 1. The summed E-state index contributed by atoms with van der Waals surface area (Å²) in [6.45, 7) is 3.15. The number of hydrogen-bond donors (Lipinski definition) is 1. The smallest absolute Gasteiger partial charge is 0.0799 e. The van der Waals surface area contributed by atoms with Gasteiger partial charge in [-0.2, -0.15) is 0 Å². The Morgan fingerprint density at radius 2 is 2.20 bits per heavy atom. The Morgan fingerprint density at radius 1 is 1.35 bits per heavy atom. The average molecular weight is 286 g/mol. The SMILES string of the molecule is CCCNC(c1csc2ccccc12)c1cnnn1C. The molecule has 2 aromatic heterocycles. The van der Waals surface area contributed by atoms with Crippen molar-refractivity contribution in [2.75, 3.05) is 6.54 Å². The van der Waals surface area contributed by atoms with E-state index < -0.39 is 0 Å². The van der Waals surface area contributed by atoms with Crippen LogP contribution in [0.2, 0.25) is 0 Å². The van der Waals surface area contributed by atoms with Gasteiger partial charge in [-0.05, 0) is 35.4 Å². The molecule has 3 rings (SSSR count). The molecule has 3 aromatic rings. The zero-order valence-electron chi connectivity index (χ0n) is 11.7. The Hall–Kier alpha value is -1.72. The van der Waals surface area contributed by atoms with Crippen LogP contribution in [0, 0.1) is 0 Å². The molecular formula is C15H18N4S. The van der Waals surface area contributed by atoms with Crippen molar-refractivity contribution in [3.63, 3.8) is 0 Å². The van der Waals surface area contributed by atoms with Crippen molar-refractivity contribution in [3.05, 3.63) is 47.1 Å². The third kappa shape index (κ3) is 2.34. The van der Waals surface area contributed by atoms with E-state index in [1.807, 2.05) is 17.9 Å². The maximum Gasteiger partial charge on any atom is 0.0799 e. The van der Waals surface area contributed by atoms with Crippen molar-refractivity contribution < 1.29 is 0 Å². The number of rotatable bonds is 5. The summed E-state index contributed by atoms with van der Waals surface area (Å²) in [7, 11) is 1.94. The topological polar surface area (TPSA) is 42.7 Å². The van der Waals surface area contributed by atoms with Gasteiger partial charge in [0.05, 0.1) is 17.9 Å². The Labute approximate surface area is 122 Å². The number of nitrogens with zero attached hydrogens (tertiary/aromatic N) is 3. The maximum absolute atomic E-state index is 4.07. The van der Waals surface area contributed by atoms with Crippen molar-refractivity contribution in [2.45, 2.75) is 19.4 Å². The van der Waals surface area contributed by atoms with Gasteiger partial charge in [0.1, 0.15) is 0 Å². The van der Waals surface area contributed by atoms with Gasteiger partial charge in [-0.15, -0.1) is 16.4 Å². The average Bonchev–Trinajstić information content (AvgIpc) is 3.07. The van der Waals surface area contributed by atoms with Crippen LogP contribution in [0.15, 0.2) is 35.8 Å². The highest BCUT2D eigenvalue weighted by Crippen LogP contribution is 2.33. The molecule has 0 saturated carbocycles. The molecule has 5 heteroatoms. The normalized spacial score (nSPS) is 12.9. The molecule has 0 saturated heterocycles. The second-order valence-electron chi connectivity index (χ2n) is 4.86. The quantitative estimate of drug-likeness (QED) is 0.783. The molecule has 2 heterocycles. The number of hydrogen-bond acceptors (Lipinski definition) is 4. The molecule has 20 heavy (non-hydrogen) atoms. The van der Waals surface area contributed by atoms with Crippen LogP contribution in [0.5, 0.6) is 0 Å². The van der Waals surface area contributed by atoms with Gasteiger partial charge in [-0.3, -0.25) is 4.68 Å². The largest absolute Gasteiger partial charge is 0.305 e. The molecule has 0 spiro atoms. The first-order chi connectivity index (χ1) is 9.81. The lowest BCUT2D eigenvalue weighted by atomic mass is 10.0. The Morgan fingerprint density at radius 3 is 2.95 bits per heavy atom. The zero-order valence-corrected chi connectivity index (χ0v) is 12.5. The maximum atomic E-state index is 4.07. The van der Waals surface area contributed by atoms with Crippen LogP contribution >= 0.6 is 11.3 Å². The van der Waals surface area contributed by atoms with E-state index in [-0.39, 0.29) is 6.04 Å². The van der Waals surface area contributed by atoms with Gasteiger partial charge >= 0.3 is 0 Å². The highest BCUT2D eigenvalue weighted by atomic mass is 32.1. The molecule has 1 N–H and O–H groups in total. The number of aryl methyl sites for hydroxylation is 1. The summed E-state index contributed by atoms with van der Waals surface area (Å²) >= 11 is 1.79. The van der Waals surface area contributed by atoms with Crippen molar-refractivity contribution >= 4 is 21.4 Å². The predicted octanol–water partition coefficient (Wildman–Crippen LogP) is 3.12. The first-order valence-electron chi connectivity index (χ1n) is 6.85. The fraction of sp³-hybridized carbons (Fsp3) is 0.333. The third-order valence-corrected chi connectivity index (χ3v) is 4.45. The van der Waals surface area contributed by atoms with Crippen LogP contribution in [0.1, 0.15) is 30.6 Å². The molecule has 0 aliphatic rings. The fourth-order valence-corrected chi connectivity index (χ4v) is 3.43. The van der Waals surface area contributed by atoms with E-state index in [4.69, 9.17) is 0 Å². The minimum absolute atomic E-state index is 0.145. The highest BCUT2D eigenvalue weighted by Gasteiger charge is 2.20. The van der Waals surface area contributed by atoms with E-state index in [1.54, 1.807) is 11.3 Å². The molecule has 0 radical (unpaired) electrons. The Balaban J connectivity index is 2.07. The van der Waals surface area contributed by atoms with Crippen LogP contribution in [0.25, 0.3) is 10.1 Å². The fourth-order valence-electron chi connectivity index (χ4n) is 2.44. The molecule has 0 bridgehead atoms. The molecule has 1 atom stereocenters. The second kappa shape index (κ2) is 5.73. The minimum Gasteiger partial charge on any atom is -0.305 e. The van der Waals surface area contributed by atoms with E-state index in [0.29, 0.717) is 0 Å². The van der Waals surface area contributed by atoms with Gasteiger partial charge in [-0.25, -0.2) is 0 Å². The van der Waals surface area contributed by atoms with E-state index in [1.165, 1.54) is 15.6 Å². The summed E-state index contributed by atoms with van der Waals surface area (Å²) in [6, 6.07) is 8.68. The van der Waals surface area contributed by atoms with Crippen molar-refractivity contribution in [3.8, 4) is 0 Å². The van der Waals surface area contributed by atoms with E-state index in [0.717, 1.165) is 18.7 Å². The standard InChI is InChI=1S/C15H18N4S/c1-3-8-16-15(13-9-17-18-19(13)2)12-10-20-14-7-5-4-6-11(12)14/h4-7,9-10,15-16H,3,8H2,1-2H3. The molecule has 1 aromatic carbocycles. The van der Waals surface area contributed by atoms with Gasteiger partial charge < -0.3 is 5.32 Å². The van der Waals surface area contributed by atoms with Crippen molar-refractivity contribution in [1.29, 1.82) is 0 Å². The van der Waals surface area contributed by atoms with Crippen LogP contribution in [0.4, 0.5) is 0 Å². The lowest BCUT2D eigenvalue weighted by molar-refractivity contribution is 0.554. The molecule has 0 fully saturated rings. The van der Waals surface area contributed by atoms with E-state index in [2.05, 4.69) is 52.2 Å². The van der Waals surface area contributed by atoms with E-state index in [9.17, 15) is 0 Å². The van der Waals surface area contributed by atoms with Crippen molar-refractivity contribution in [2.24, 2.45) is 7.05 Å². The first kappa shape index (κ1) is 13.3. The molecular weight excluding hydrogens is 268 g/mol. The minimum atomic E-state index is 0.145. The molecule has 104 valence electrons. The molecule has 0 aliphatic carbocycles. The highest BCUT2D eigenvalue weighted by molar-refractivity contribution is 7.17. The molecule has 0 amide bonds. The number of thiophene rings is 1. The monoisotopic (exact) mass is 286 g/mol. The van der Waals surface area contributed by atoms with Gasteiger partial charge in [-0.1, -0.05) is 30.3 Å². The summed E-state index contributed by atoms with van der Waals surface area (Å²) in [6.07, 6.45) is 2.95. The summed E-state index contributed by atoms with van der Waals surface area (Å²) in [4.78, 5) is 0. The zero-order chi connectivity index (χ0) is 13.9. The lowest BCUT2D eigenvalue weighted by Gasteiger charge is -2.18. The third-order valence-electron chi connectivity index (χ3n) is 3.47. The van der Waals surface area contributed by atoms with Crippen LogP contribution in [-0.4, -0.2) is 21.5 Å². The summed E-state index contributed by atoms with van der Waals surface area (Å²) in [5, 5.41) is 15.2. The van der Waals surface area contributed by atoms with Gasteiger partial charge in [0.25, 0.3) is 0 Å². The lowest BCUT2D eigenvalue weighted by Crippen LogP contribution is -2.25. The van der Waals surface area contributed by atoms with Crippen LogP contribution < -0.4 is 5.32 Å². The Kier molecular flexibility index (Phi) is 3.80. The van der Waals surface area contributed by atoms with Crippen molar-refractivity contribution in [1.82, 2.24) is 20.3 Å². The van der Waals surface area contributed by atoms with E-state index >= 15 is 0 Å². The second-order valence-corrected chi connectivity index (χ2v) is 5.77. The number of aromatic nitrogens is 3. The molecule has 4 nitrogen and oxygen atoms in total. The van der Waals surface area contributed by atoms with Gasteiger partial charge in [0.2, 0.25) is 0 Å². The summed E-state index contributed by atoms with van der Waals surface area (Å²) in [5.41, 5.74) is 2.41.